The second-order valence-electron chi connectivity index (χ2n) is 7.69. The molecule has 3 atom stereocenters. The Morgan fingerprint density at radius 1 is 1.36 bits per heavy atom. The Hall–Kier alpha value is -0.850. The molecule has 2 heterocycles. The molecule has 6 nitrogen and oxygen atoms in total. The lowest BCUT2D eigenvalue weighted by Gasteiger charge is -2.22. The summed E-state index contributed by atoms with van der Waals surface area (Å²) in [5.41, 5.74) is 0. The summed E-state index contributed by atoms with van der Waals surface area (Å²) >= 11 is 0. The quantitative estimate of drug-likeness (QED) is 0.375. The minimum atomic E-state index is 0.471. The summed E-state index contributed by atoms with van der Waals surface area (Å²) in [5.74, 6) is 2.17. The van der Waals surface area contributed by atoms with E-state index in [0.717, 1.165) is 71.4 Å². The van der Waals surface area contributed by atoms with Gasteiger partial charge in [0.15, 0.2) is 5.96 Å². The Bertz CT molecular complexity index is 397. The molecule has 146 valence electrons. The van der Waals surface area contributed by atoms with E-state index in [1.54, 1.807) is 0 Å². The van der Waals surface area contributed by atoms with E-state index in [1.165, 1.54) is 0 Å². The fourth-order valence-corrected chi connectivity index (χ4v) is 3.43. The van der Waals surface area contributed by atoms with Crippen molar-refractivity contribution >= 4 is 5.96 Å². The molecule has 0 spiro atoms. The first-order valence-electron chi connectivity index (χ1n) is 10.0. The minimum Gasteiger partial charge on any atom is -0.381 e. The standard InChI is InChI=1S/C19H38N4O2/c1-5-20-19(22-18-12-23(15(2)3)11-16(18)4)21-8-6-9-24-13-17-7-10-25-14-17/h15-18H,5-14H2,1-4H3,(H2,20,21,22). The summed E-state index contributed by atoms with van der Waals surface area (Å²) in [5, 5.41) is 7.00. The van der Waals surface area contributed by atoms with Crippen LogP contribution in [-0.2, 0) is 9.47 Å². The maximum Gasteiger partial charge on any atom is 0.191 e. The summed E-state index contributed by atoms with van der Waals surface area (Å²) in [6.45, 7) is 16.3. The first kappa shape index (κ1) is 20.5. The molecular formula is C19H38N4O2. The van der Waals surface area contributed by atoms with E-state index in [-0.39, 0.29) is 0 Å². The third-order valence-corrected chi connectivity index (χ3v) is 5.13. The molecule has 0 bridgehead atoms. The lowest BCUT2D eigenvalue weighted by atomic mass is 10.1. The van der Waals surface area contributed by atoms with Gasteiger partial charge in [-0.2, -0.15) is 0 Å². The van der Waals surface area contributed by atoms with Crippen LogP contribution >= 0.6 is 0 Å². The molecule has 2 fully saturated rings. The molecule has 0 radical (unpaired) electrons. The average Bonchev–Trinajstić information content (AvgIpc) is 3.21. The first-order valence-corrected chi connectivity index (χ1v) is 10.0. The van der Waals surface area contributed by atoms with Crippen molar-refractivity contribution in [2.75, 3.05) is 52.6 Å². The highest BCUT2D eigenvalue weighted by Crippen LogP contribution is 2.18. The topological polar surface area (TPSA) is 58.1 Å². The number of rotatable bonds is 9. The van der Waals surface area contributed by atoms with E-state index < -0.39 is 0 Å². The molecule has 6 heteroatoms. The van der Waals surface area contributed by atoms with Crippen LogP contribution < -0.4 is 10.6 Å². The van der Waals surface area contributed by atoms with Gasteiger partial charge in [0, 0.05) is 57.4 Å². The molecule has 0 saturated carbocycles. The highest BCUT2D eigenvalue weighted by atomic mass is 16.5. The first-order chi connectivity index (χ1) is 12.1. The average molecular weight is 355 g/mol. The van der Waals surface area contributed by atoms with E-state index in [9.17, 15) is 0 Å². The zero-order valence-electron chi connectivity index (χ0n) is 16.6. The molecule has 2 aliphatic heterocycles. The van der Waals surface area contributed by atoms with Crippen LogP contribution in [0.5, 0.6) is 0 Å². The van der Waals surface area contributed by atoms with Gasteiger partial charge in [-0.25, -0.2) is 0 Å². The highest BCUT2D eigenvalue weighted by molar-refractivity contribution is 5.80. The number of hydrogen-bond acceptors (Lipinski definition) is 4. The number of nitrogens with one attached hydrogen (secondary N) is 2. The van der Waals surface area contributed by atoms with Gasteiger partial charge in [-0.1, -0.05) is 6.92 Å². The molecular weight excluding hydrogens is 316 g/mol. The Morgan fingerprint density at radius 3 is 2.84 bits per heavy atom. The van der Waals surface area contributed by atoms with Gasteiger partial charge in [0.05, 0.1) is 13.2 Å². The van der Waals surface area contributed by atoms with E-state index in [1.807, 2.05) is 0 Å². The number of nitrogens with zero attached hydrogens (tertiary/aromatic N) is 2. The summed E-state index contributed by atoms with van der Waals surface area (Å²) in [7, 11) is 0. The molecule has 2 aliphatic rings. The van der Waals surface area contributed by atoms with Crippen LogP contribution in [0, 0.1) is 11.8 Å². The maximum atomic E-state index is 5.75. The molecule has 3 unspecified atom stereocenters. The lowest BCUT2D eigenvalue weighted by Crippen LogP contribution is -2.46. The van der Waals surface area contributed by atoms with Crippen molar-refractivity contribution in [3.63, 3.8) is 0 Å². The van der Waals surface area contributed by atoms with E-state index in [0.29, 0.717) is 23.9 Å². The largest absolute Gasteiger partial charge is 0.381 e. The smallest absolute Gasteiger partial charge is 0.191 e. The molecule has 2 saturated heterocycles. The zero-order chi connectivity index (χ0) is 18.1. The van der Waals surface area contributed by atoms with Gasteiger partial charge in [0.1, 0.15) is 0 Å². The van der Waals surface area contributed by atoms with Crippen molar-refractivity contribution in [2.24, 2.45) is 16.8 Å². The number of hydrogen-bond donors (Lipinski definition) is 2. The molecule has 25 heavy (non-hydrogen) atoms. The van der Waals surface area contributed by atoms with Crippen LogP contribution in [-0.4, -0.2) is 75.5 Å². The molecule has 0 aliphatic carbocycles. The van der Waals surface area contributed by atoms with Gasteiger partial charge in [0.2, 0.25) is 0 Å². The minimum absolute atomic E-state index is 0.471. The van der Waals surface area contributed by atoms with Gasteiger partial charge in [-0.3, -0.25) is 9.89 Å². The number of aliphatic imine (C=N–C) groups is 1. The second kappa shape index (κ2) is 11.0. The molecule has 0 aromatic rings. The molecule has 2 N–H and O–H groups in total. The van der Waals surface area contributed by atoms with Crippen LogP contribution in [0.2, 0.25) is 0 Å². The Balaban J connectivity index is 1.67. The van der Waals surface area contributed by atoms with E-state index >= 15 is 0 Å². The summed E-state index contributed by atoms with van der Waals surface area (Å²) < 4.78 is 11.1. The molecule has 0 aromatic heterocycles. The van der Waals surface area contributed by atoms with E-state index in [2.05, 4.69) is 43.2 Å². The highest BCUT2D eigenvalue weighted by Gasteiger charge is 2.31. The van der Waals surface area contributed by atoms with Gasteiger partial charge in [0.25, 0.3) is 0 Å². The Morgan fingerprint density at radius 2 is 2.20 bits per heavy atom. The Kier molecular flexibility index (Phi) is 8.99. The fourth-order valence-electron chi connectivity index (χ4n) is 3.43. The SMILES string of the molecule is CCNC(=NCCCOCC1CCOC1)NC1CN(C(C)C)CC1C. The summed E-state index contributed by atoms with van der Waals surface area (Å²) in [4.78, 5) is 7.26. The van der Waals surface area contributed by atoms with Crippen molar-refractivity contribution in [3.05, 3.63) is 0 Å². The number of likely N-dealkylation sites (tertiary alicyclic amines) is 1. The number of guanidine groups is 1. The van der Waals surface area contributed by atoms with Crippen molar-refractivity contribution in [1.29, 1.82) is 0 Å². The predicted molar refractivity (Wildman–Crippen MR) is 103 cm³/mol. The molecule has 0 amide bonds. The third-order valence-electron chi connectivity index (χ3n) is 5.13. The van der Waals surface area contributed by atoms with Gasteiger partial charge in [-0.05, 0) is 39.5 Å². The van der Waals surface area contributed by atoms with Gasteiger partial charge < -0.3 is 20.1 Å². The lowest BCUT2D eigenvalue weighted by molar-refractivity contribution is 0.0893. The molecule has 2 rings (SSSR count). The Labute approximate surface area is 153 Å². The zero-order valence-corrected chi connectivity index (χ0v) is 16.6. The second-order valence-corrected chi connectivity index (χ2v) is 7.69. The van der Waals surface area contributed by atoms with Crippen molar-refractivity contribution in [2.45, 2.75) is 52.6 Å². The van der Waals surface area contributed by atoms with Crippen LogP contribution in [0.25, 0.3) is 0 Å². The van der Waals surface area contributed by atoms with Gasteiger partial charge >= 0.3 is 0 Å². The van der Waals surface area contributed by atoms with Crippen molar-refractivity contribution < 1.29 is 9.47 Å². The van der Waals surface area contributed by atoms with Crippen molar-refractivity contribution in [1.82, 2.24) is 15.5 Å². The van der Waals surface area contributed by atoms with Crippen LogP contribution in [0.4, 0.5) is 0 Å². The number of ether oxygens (including phenoxy) is 2. The monoisotopic (exact) mass is 354 g/mol. The molecule has 0 aromatic carbocycles. The van der Waals surface area contributed by atoms with Crippen molar-refractivity contribution in [3.8, 4) is 0 Å². The van der Waals surface area contributed by atoms with E-state index in [4.69, 9.17) is 14.5 Å². The predicted octanol–water partition coefficient (Wildman–Crippen LogP) is 1.71. The third kappa shape index (κ3) is 7.12. The summed E-state index contributed by atoms with van der Waals surface area (Å²) in [6.07, 6.45) is 2.10. The van der Waals surface area contributed by atoms with Crippen LogP contribution in [0.1, 0.15) is 40.5 Å². The fraction of sp³-hybridized carbons (Fsp3) is 0.947. The van der Waals surface area contributed by atoms with Crippen LogP contribution in [0.3, 0.4) is 0 Å². The van der Waals surface area contributed by atoms with Crippen LogP contribution in [0.15, 0.2) is 4.99 Å². The maximum absolute atomic E-state index is 5.75. The normalized spacial score (nSPS) is 28.0. The summed E-state index contributed by atoms with van der Waals surface area (Å²) in [6, 6.07) is 1.08. The van der Waals surface area contributed by atoms with Gasteiger partial charge in [-0.15, -0.1) is 0 Å².